The van der Waals surface area contributed by atoms with Crippen LogP contribution in [0.4, 0.5) is 0 Å². The van der Waals surface area contributed by atoms with Crippen LogP contribution >= 0.6 is 0 Å². The number of aromatic nitrogens is 3. The molecule has 1 fully saturated rings. The molecule has 6 nitrogen and oxygen atoms in total. The normalized spacial score (nSPS) is 15.3. The highest BCUT2D eigenvalue weighted by Gasteiger charge is 2.23. The Morgan fingerprint density at radius 3 is 2.48 bits per heavy atom. The third-order valence-corrected chi connectivity index (χ3v) is 5.34. The quantitative estimate of drug-likeness (QED) is 0.579. The van der Waals surface area contributed by atoms with Gasteiger partial charge in [-0.2, -0.15) is 5.10 Å². The van der Waals surface area contributed by atoms with Gasteiger partial charge in [0.1, 0.15) is 6.61 Å². The van der Waals surface area contributed by atoms with E-state index >= 15 is 0 Å². The van der Waals surface area contributed by atoms with Gasteiger partial charge in [0.25, 0.3) is 0 Å². The van der Waals surface area contributed by atoms with E-state index in [4.69, 9.17) is 9.47 Å². The molecule has 0 saturated carbocycles. The Kier molecular flexibility index (Phi) is 6.42. The fraction of sp³-hybridized carbons (Fsp3) is 0.391. The Bertz CT molecular complexity index is 889. The summed E-state index contributed by atoms with van der Waals surface area (Å²) in [5.41, 5.74) is 2.27. The van der Waals surface area contributed by atoms with E-state index < -0.39 is 0 Å². The van der Waals surface area contributed by atoms with Crippen molar-refractivity contribution in [2.24, 2.45) is 0 Å². The molecule has 0 amide bonds. The lowest BCUT2D eigenvalue weighted by molar-refractivity contribution is 0.151. The van der Waals surface area contributed by atoms with Gasteiger partial charge in [-0.1, -0.05) is 12.1 Å². The summed E-state index contributed by atoms with van der Waals surface area (Å²) in [6, 6.07) is 14.4. The number of piperidine rings is 1. The molecule has 1 aliphatic heterocycles. The summed E-state index contributed by atoms with van der Waals surface area (Å²) in [5, 5.41) is 4.60. The molecule has 3 aromatic rings. The Morgan fingerprint density at radius 2 is 1.76 bits per heavy atom. The fourth-order valence-corrected chi connectivity index (χ4v) is 3.86. The molecule has 1 aliphatic rings. The number of para-hydroxylation sites is 2. The molecule has 6 heteroatoms. The van der Waals surface area contributed by atoms with Crippen molar-refractivity contribution in [3.05, 3.63) is 61.1 Å². The van der Waals surface area contributed by atoms with Crippen LogP contribution in [-0.2, 0) is 0 Å². The minimum absolute atomic E-state index is 0.427. The highest BCUT2D eigenvalue weighted by molar-refractivity contribution is 5.57. The standard InChI is InChI=1S/C23H28N4O2/c1-2-28-22-7-3-4-8-23(22)29-17-16-26-14-10-20(11-15-26)27-21(9-13-25-27)19-6-5-12-24-18-19/h3-9,12-13,18,20H,2,10-11,14-17H2,1H3. The number of hydrogen-bond donors (Lipinski definition) is 0. The van der Waals surface area contributed by atoms with Crippen molar-refractivity contribution in [2.45, 2.75) is 25.8 Å². The number of likely N-dealkylation sites (tertiary alicyclic amines) is 1. The van der Waals surface area contributed by atoms with Crippen LogP contribution in [0.2, 0.25) is 0 Å². The minimum atomic E-state index is 0.427. The van der Waals surface area contributed by atoms with Gasteiger partial charge in [0.15, 0.2) is 11.5 Å². The van der Waals surface area contributed by atoms with Gasteiger partial charge in [-0.3, -0.25) is 14.6 Å². The molecular formula is C23H28N4O2. The van der Waals surface area contributed by atoms with Crippen LogP contribution in [0.15, 0.2) is 61.1 Å². The number of ether oxygens (including phenoxy) is 2. The predicted octanol–water partition coefficient (Wildman–Crippen LogP) is 4.06. The maximum absolute atomic E-state index is 5.98. The first-order chi connectivity index (χ1) is 14.3. The molecular weight excluding hydrogens is 364 g/mol. The van der Waals surface area contributed by atoms with Gasteiger partial charge in [-0.25, -0.2) is 0 Å². The molecule has 0 unspecified atom stereocenters. The lowest BCUT2D eigenvalue weighted by Gasteiger charge is -2.32. The van der Waals surface area contributed by atoms with Gasteiger partial charge in [0.05, 0.1) is 18.3 Å². The topological polar surface area (TPSA) is 52.4 Å². The average molecular weight is 393 g/mol. The first kappa shape index (κ1) is 19.5. The van der Waals surface area contributed by atoms with E-state index in [0.29, 0.717) is 19.3 Å². The van der Waals surface area contributed by atoms with Crippen LogP contribution in [-0.4, -0.2) is 52.5 Å². The largest absolute Gasteiger partial charge is 0.490 e. The number of pyridine rings is 1. The van der Waals surface area contributed by atoms with E-state index in [-0.39, 0.29) is 0 Å². The van der Waals surface area contributed by atoms with E-state index in [0.717, 1.165) is 55.2 Å². The van der Waals surface area contributed by atoms with Gasteiger partial charge in [0.2, 0.25) is 0 Å². The molecule has 3 heterocycles. The Balaban J connectivity index is 1.28. The molecule has 152 valence electrons. The first-order valence-electron chi connectivity index (χ1n) is 10.4. The molecule has 0 bridgehead atoms. The summed E-state index contributed by atoms with van der Waals surface area (Å²) >= 11 is 0. The SMILES string of the molecule is CCOc1ccccc1OCCN1CCC(n2nccc2-c2cccnc2)CC1. The van der Waals surface area contributed by atoms with Crippen LogP contribution in [0.1, 0.15) is 25.8 Å². The molecule has 0 radical (unpaired) electrons. The summed E-state index contributed by atoms with van der Waals surface area (Å²) in [7, 11) is 0. The monoisotopic (exact) mass is 392 g/mol. The van der Waals surface area contributed by atoms with E-state index in [1.807, 2.05) is 49.6 Å². The van der Waals surface area contributed by atoms with E-state index in [9.17, 15) is 0 Å². The van der Waals surface area contributed by atoms with Crippen LogP contribution in [0.25, 0.3) is 11.3 Å². The van der Waals surface area contributed by atoms with Crippen LogP contribution in [0, 0.1) is 0 Å². The second-order valence-electron chi connectivity index (χ2n) is 7.20. The first-order valence-corrected chi connectivity index (χ1v) is 10.4. The summed E-state index contributed by atoms with van der Waals surface area (Å²) in [6.07, 6.45) is 7.77. The predicted molar refractivity (Wildman–Crippen MR) is 113 cm³/mol. The third kappa shape index (κ3) is 4.77. The smallest absolute Gasteiger partial charge is 0.161 e. The van der Waals surface area contributed by atoms with Gasteiger partial charge < -0.3 is 9.47 Å². The van der Waals surface area contributed by atoms with Crippen molar-refractivity contribution < 1.29 is 9.47 Å². The highest BCUT2D eigenvalue weighted by Crippen LogP contribution is 2.29. The Morgan fingerprint density at radius 1 is 0.966 bits per heavy atom. The molecule has 1 saturated heterocycles. The van der Waals surface area contributed by atoms with Crippen LogP contribution in [0.5, 0.6) is 11.5 Å². The number of nitrogens with zero attached hydrogens (tertiary/aromatic N) is 4. The Labute approximate surface area is 172 Å². The lowest BCUT2D eigenvalue weighted by Crippen LogP contribution is -2.37. The summed E-state index contributed by atoms with van der Waals surface area (Å²) in [6.45, 7) is 6.31. The van der Waals surface area contributed by atoms with Crippen molar-refractivity contribution in [1.82, 2.24) is 19.7 Å². The molecule has 29 heavy (non-hydrogen) atoms. The fourth-order valence-electron chi connectivity index (χ4n) is 3.86. The van der Waals surface area contributed by atoms with Crippen molar-refractivity contribution in [3.63, 3.8) is 0 Å². The number of hydrogen-bond acceptors (Lipinski definition) is 5. The molecule has 0 N–H and O–H groups in total. The van der Waals surface area contributed by atoms with E-state index in [1.165, 1.54) is 0 Å². The Hall–Kier alpha value is -2.86. The maximum atomic E-state index is 5.98. The number of benzene rings is 1. The van der Waals surface area contributed by atoms with Gasteiger partial charge in [-0.15, -0.1) is 0 Å². The number of rotatable bonds is 8. The van der Waals surface area contributed by atoms with Crippen molar-refractivity contribution in [2.75, 3.05) is 32.8 Å². The molecule has 1 aromatic carbocycles. The summed E-state index contributed by atoms with van der Waals surface area (Å²) < 4.78 is 13.8. The van der Waals surface area contributed by atoms with Crippen molar-refractivity contribution >= 4 is 0 Å². The zero-order valence-electron chi connectivity index (χ0n) is 16.9. The zero-order valence-corrected chi connectivity index (χ0v) is 16.9. The summed E-state index contributed by atoms with van der Waals surface area (Å²) in [5.74, 6) is 1.64. The maximum Gasteiger partial charge on any atom is 0.161 e. The molecule has 0 atom stereocenters. The third-order valence-electron chi connectivity index (χ3n) is 5.34. The van der Waals surface area contributed by atoms with E-state index in [2.05, 4.69) is 31.8 Å². The van der Waals surface area contributed by atoms with Gasteiger partial charge in [-0.05, 0) is 50.1 Å². The molecule has 2 aromatic heterocycles. The summed E-state index contributed by atoms with van der Waals surface area (Å²) in [4.78, 5) is 6.71. The average Bonchev–Trinajstić information content (AvgIpc) is 3.26. The van der Waals surface area contributed by atoms with E-state index in [1.54, 1.807) is 6.20 Å². The lowest BCUT2D eigenvalue weighted by atomic mass is 10.0. The molecule has 4 rings (SSSR count). The van der Waals surface area contributed by atoms with Crippen LogP contribution < -0.4 is 9.47 Å². The second-order valence-corrected chi connectivity index (χ2v) is 7.20. The minimum Gasteiger partial charge on any atom is -0.490 e. The van der Waals surface area contributed by atoms with Crippen LogP contribution in [0.3, 0.4) is 0 Å². The highest BCUT2D eigenvalue weighted by atomic mass is 16.5. The van der Waals surface area contributed by atoms with Gasteiger partial charge >= 0.3 is 0 Å². The van der Waals surface area contributed by atoms with Crippen molar-refractivity contribution in [1.29, 1.82) is 0 Å². The second kappa shape index (κ2) is 9.56. The molecule has 0 spiro atoms. The van der Waals surface area contributed by atoms with Gasteiger partial charge in [0, 0.05) is 43.8 Å². The van der Waals surface area contributed by atoms with Crippen molar-refractivity contribution in [3.8, 4) is 22.8 Å². The zero-order chi connectivity index (χ0) is 19.9. The molecule has 0 aliphatic carbocycles.